The predicted octanol–water partition coefficient (Wildman–Crippen LogP) is 12.1. The van der Waals surface area contributed by atoms with Crippen LogP contribution in [0, 0.1) is 0 Å². The second-order valence-electron chi connectivity index (χ2n) is 13.5. The van der Waals surface area contributed by atoms with Crippen LogP contribution >= 0.6 is 0 Å². The van der Waals surface area contributed by atoms with Crippen LogP contribution in [0.2, 0.25) is 0 Å². The Morgan fingerprint density at radius 2 is 0.979 bits per heavy atom. The summed E-state index contributed by atoms with van der Waals surface area (Å²) in [4.78, 5) is 34.9. The van der Waals surface area contributed by atoms with Crippen LogP contribution in [0.5, 0.6) is 0 Å². The number of nitrogens with one attached hydrogen (secondary N) is 1. The third-order valence-corrected chi connectivity index (χ3v) is 8.78. The molecular formula is C42H75NO5. The second kappa shape index (κ2) is 37.4. The van der Waals surface area contributed by atoms with Gasteiger partial charge >= 0.3 is 11.9 Å². The molecule has 0 saturated heterocycles. The highest BCUT2D eigenvalue weighted by Crippen LogP contribution is 2.18. The normalized spacial score (nSPS) is 12.4. The summed E-state index contributed by atoms with van der Waals surface area (Å²) in [7, 11) is 0. The van der Waals surface area contributed by atoms with E-state index < -0.39 is 5.97 Å². The van der Waals surface area contributed by atoms with E-state index in [0.29, 0.717) is 12.8 Å². The highest BCUT2D eigenvalue weighted by molar-refractivity contribution is 5.80. The Hall–Kier alpha value is -2.37. The summed E-state index contributed by atoms with van der Waals surface area (Å²) in [5, 5.41) is 11.1. The van der Waals surface area contributed by atoms with E-state index in [1.165, 1.54) is 89.9 Å². The summed E-state index contributed by atoms with van der Waals surface area (Å²) < 4.78 is 6.00. The average molecular weight is 674 g/mol. The van der Waals surface area contributed by atoms with Gasteiger partial charge in [0.25, 0.3) is 0 Å². The topological polar surface area (TPSA) is 92.7 Å². The zero-order valence-corrected chi connectivity index (χ0v) is 31.3. The fourth-order valence-corrected chi connectivity index (χ4v) is 5.76. The van der Waals surface area contributed by atoms with Gasteiger partial charge in [-0.2, -0.15) is 0 Å². The summed E-state index contributed by atoms with van der Waals surface area (Å²) in [6, 6.07) is 0. The van der Waals surface area contributed by atoms with Gasteiger partial charge in [0.1, 0.15) is 12.6 Å². The first kappa shape index (κ1) is 45.6. The molecule has 1 unspecified atom stereocenters. The summed E-state index contributed by atoms with van der Waals surface area (Å²) in [6.07, 6.45) is 45.4. The lowest BCUT2D eigenvalue weighted by molar-refractivity contribution is -0.150. The largest absolute Gasteiger partial charge is 0.480 e. The molecule has 0 aliphatic rings. The third kappa shape index (κ3) is 36.5. The maximum absolute atomic E-state index is 12.7. The average Bonchev–Trinajstić information content (AvgIpc) is 3.07. The smallest absolute Gasteiger partial charge is 0.322 e. The van der Waals surface area contributed by atoms with E-state index >= 15 is 0 Å². The number of allylic oxidation sites excluding steroid dienone is 6. The number of amides is 1. The van der Waals surface area contributed by atoms with Gasteiger partial charge in [-0.05, 0) is 89.9 Å². The standard InChI is InChI=1S/C42H75NO5/c1-3-5-7-9-11-13-15-16-17-18-20-21-23-26-30-34-39(35-31-27-25-28-32-36-40(44)43-38-41(45)46)48-42(47)37-33-29-24-22-19-14-12-10-8-6-4-2/h10,12,15-16,18,20,39H,3-9,11,13-14,17,19,21-38H2,1-2H3,(H,43,44)(H,45,46)/b12-10-,16-15-,20-18-. The Morgan fingerprint density at radius 1 is 0.542 bits per heavy atom. The lowest BCUT2D eigenvalue weighted by Gasteiger charge is -2.18. The zero-order valence-electron chi connectivity index (χ0n) is 31.3. The highest BCUT2D eigenvalue weighted by Gasteiger charge is 2.14. The van der Waals surface area contributed by atoms with Crippen molar-refractivity contribution in [3.8, 4) is 0 Å². The molecule has 1 atom stereocenters. The summed E-state index contributed by atoms with van der Waals surface area (Å²) in [5.74, 6) is -1.26. The van der Waals surface area contributed by atoms with Gasteiger partial charge in [-0.1, -0.05) is 134 Å². The molecule has 0 spiro atoms. The SMILES string of the molecule is CCCC/C=C\CCCCCCCC(=O)OC(CCCCC/C=C\C/C=C\CCCCCCC)CCCCCCCC(=O)NCC(=O)O. The summed E-state index contributed by atoms with van der Waals surface area (Å²) in [6.45, 7) is 4.17. The summed E-state index contributed by atoms with van der Waals surface area (Å²) >= 11 is 0. The quantitative estimate of drug-likeness (QED) is 0.0392. The van der Waals surface area contributed by atoms with Crippen molar-refractivity contribution in [3.63, 3.8) is 0 Å². The number of rotatable bonds is 36. The Bertz CT molecular complexity index is 834. The van der Waals surface area contributed by atoms with Crippen LogP contribution < -0.4 is 5.32 Å². The summed E-state index contributed by atoms with van der Waals surface area (Å²) in [5.41, 5.74) is 0. The van der Waals surface area contributed by atoms with E-state index in [1.807, 2.05) is 0 Å². The van der Waals surface area contributed by atoms with Gasteiger partial charge in [-0.3, -0.25) is 14.4 Å². The van der Waals surface area contributed by atoms with Gasteiger partial charge in [0.2, 0.25) is 5.91 Å². The first-order valence-corrected chi connectivity index (χ1v) is 20.1. The lowest BCUT2D eigenvalue weighted by atomic mass is 10.0. The van der Waals surface area contributed by atoms with Crippen molar-refractivity contribution in [3.05, 3.63) is 36.5 Å². The molecule has 2 N–H and O–H groups in total. The lowest BCUT2D eigenvalue weighted by Crippen LogP contribution is -2.28. The number of hydrogen-bond donors (Lipinski definition) is 2. The van der Waals surface area contributed by atoms with Crippen LogP contribution in [0.15, 0.2) is 36.5 Å². The molecule has 0 aromatic rings. The molecule has 278 valence electrons. The van der Waals surface area contributed by atoms with Crippen molar-refractivity contribution < 1.29 is 24.2 Å². The Kier molecular flexibility index (Phi) is 35.6. The maximum atomic E-state index is 12.7. The van der Waals surface area contributed by atoms with Crippen LogP contribution in [0.1, 0.15) is 200 Å². The molecule has 0 aromatic heterocycles. The molecule has 0 aliphatic heterocycles. The zero-order chi connectivity index (χ0) is 35.2. The van der Waals surface area contributed by atoms with Crippen molar-refractivity contribution in [2.75, 3.05) is 6.54 Å². The molecule has 0 rings (SSSR count). The van der Waals surface area contributed by atoms with Gasteiger partial charge in [0.05, 0.1) is 0 Å². The van der Waals surface area contributed by atoms with Crippen LogP contribution in [0.4, 0.5) is 0 Å². The third-order valence-electron chi connectivity index (χ3n) is 8.78. The van der Waals surface area contributed by atoms with E-state index in [-0.39, 0.29) is 24.5 Å². The molecule has 0 saturated carbocycles. The first-order chi connectivity index (χ1) is 23.5. The van der Waals surface area contributed by atoms with Crippen molar-refractivity contribution in [1.82, 2.24) is 5.32 Å². The van der Waals surface area contributed by atoms with E-state index in [1.54, 1.807) is 0 Å². The van der Waals surface area contributed by atoms with Gasteiger partial charge in [0.15, 0.2) is 0 Å². The van der Waals surface area contributed by atoms with Gasteiger partial charge in [0, 0.05) is 12.8 Å². The number of hydrogen-bond acceptors (Lipinski definition) is 4. The minimum Gasteiger partial charge on any atom is -0.480 e. The molecule has 6 heteroatoms. The molecule has 0 aliphatic carbocycles. The van der Waals surface area contributed by atoms with Crippen LogP contribution in [-0.2, 0) is 19.1 Å². The number of carboxylic acids is 1. The van der Waals surface area contributed by atoms with Crippen molar-refractivity contribution in [2.45, 2.75) is 206 Å². The van der Waals surface area contributed by atoms with E-state index in [0.717, 1.165) is 83.5 Å². The number of unbranched alkanes of at least 4 members (excludes halogenated alkanes) is 19. The van der Waals surface area contributed by atoms with E-state index in [2.05, 4.69) is 55.6 Å². The Labute approximate surface area is 296 Å². The van der Waals surface area contributed by atoms with E-state index in [9.17, 15) is 14.4 Å². The maximum Gasteiger partial charge on any atom is 0.322 e. The van der Waals surface area contributed by atoms with Crippen molar-refractivity contribution in [1.29, 1.82) is 0 Å². The number of esters is 1. The molecule has 0 heterocycles. The first-order valence-electron chi connectivity index (χ1n) is 20.1. The second-order valence-corrected chi connectivity index (χ2v) is 13.5. The van der Waals surface area contributed by atoms with Gasteiger partial charge < -0.3 is 15.2 Å². The monoisotopic (exact) mass is 674 g/mol. The number of carbonyl (C=O) groups excluding carboxylic acids is 2. The van der Waals surface area contributed by atoms with Gasteiger partial charge in [-0.25, -0.2) is 0 Å². The van der Waals surface area contributed by atoms with Crippen molar-refractivity contribution in [2.24, 2.45) is 0 Å². The molecule has 0 radical (unpaired) electrons. The molecule has 0 fully saturated rings. The highest BCUT2D eigenvalue weighted by atomic mass is 16.5. The molecule has 48 heavy (non-hydrogen) atoms. The fourth-order valence-electron chi connectivity index (χ4n) is 5.76. The number of ether oxygens (including phenoxy) is 1. The van der Waals surface area contributed by atoms with Gasteiger partial charge in [-0.15, -0.1) is 0 Å². The minimum atomic E-state index is -1.02. The van der Waals surface area contributed by atoms with Crippen LogP contribution in [-0.4, -0.2) is 35.6 Å². The van der Waals surface area contributed by atoms with Crippen LogP contribution in [0.3, 0.4) is 0 Å². The molecule has 0 aromatic carbocycles. The molecule has 6 nitrogen and oxygen atoms in total. The van der Waals surface area contributed by atoms with Crippen molar-refractivity contribution >= 4 is 17.8 Å². The minimum absolute atomic E-state index is 0.00134. The molecule has 1 amide bonds. The molecule has 0 bridgehead atoms. The van der Waals surface area contributed by atoms with E-state index in [4.69, 9.17) is 9.84 Å². The predicted molar refractivity (Wildman–Crippen MR) is 203 cm³/mol. The molecular weight excluding hydrogens is 598 g/mol. The Balaban J connectivity index is 4.26. The Morgan fingerprint density at radius 3 is 1.54 bits per heavy atom. The number of carbonyl (C=O) groups is 3. The number of carboxylic acid groups (broad SMARTS) is 1. The number of aliphatic carboxylic acids is 1. The fraction of sp³-hybridized carbons (Fsp3) is 0.786. The van der Waals surface area contributed by atoms with Crippen LogP contribution in [0.25, 0.3) is 0 Å².